The predicted molar refractivity (Wildman–Crippen MR) is 102 cm³/mol. The van der Waals surface area contributed by atoms with Gasteiger partial charge < -0.3 is 14.7 Å². The first kappa shape index (κ1) is 18.5. The second kappa shape index (κ2) is 8.87. The first-order valence-corrected chi connectivity index (χ1v) is 9.64. The Kier molecular flexibility index (Phi) is 6.30. The molecule has 26 heavy (non-hydrogen) atoms. The van der Waals surface area contributed by atoms with Gasteiger partial charge in [0.1, 0.15) is 12.4 Å². The lowest BCUT2D eigenvalue weighted by Gasteiger charge is -2.35. The highest BCUT2D eigenvalue weighted by Crippen LogP contribution is 2.23. The summed E-state index contributed by atoms with van der Waals surface area (Å²) < 4.78 is 5.85. The highest BCUT2D eigenvalue weighted by atomic mass is 32.2. The summed E-state index contributed by atoms with van der Waals surface area (Å²) in [4.78, 5) is 26.0. The first-order valence-electron chi connectivity index (χ1n) is 8.49. The average molecular weight is 371 g/mol. The summed E-state index contributed by atoms with van der Waals surface area (Å²) in [5, 5.41) is 9.51. The molecule has 1 atom stereocenters. The number of carbonyl (C=O) groups is 2. The van der Waals surface area contributed by atoms with Gasteiger partial charge in [0.2, 0.25) is 0 Å². The van der Waals surface area contributed by atoms with E-state index in [1.165, 1.54) is 0 Å². The van der Waals surface area contributed by atoms with Gasteiger partial charge in [-0.05, 0) is 23.8 Å². The van der Waals surface area contributed by atoms with Gasteiger partial charge in [-0.2, -0.15) is 11.8 Å². The van der Waals surface area contributed by atoms with E-state index in [1.54, 1.807) is 48.2 Å². The second-order valence-electron chi connectivity index (χ2n) is 6.01. The molecule has 0 radical (unpaired) electrons. The zero-order chi connectivity index (χ0) is 18.4. The Morgan fingerprint density at radius 2 is 2.00 bits per heavy atom. The van der Waals surface area contributed by atoms with Crippen LogP contribution in [0.25, 0.3) is 0 Å². The van der Waals surface area contributed by atoms with Crippen molar-refractivity contribution in [1.82, 2.24) is 4.90 Å². The van der Waals surface area contributed by atoms with Gasteiger partial charge >= 0.3 is 0 Å². The van der Waals surface area contributed by atoms with Crippen molar-refractivity contribution in [3.63, 3.8) is 0 Å². The summed E-state index contributed by atoms with van der Waals surface area (Å²) in [5.74, 6) is 2.08. The van der Waals surface area contributed by atoms with Crippen LogP contribution in [0.3, 0.4) is 0 Å². The number of aliphatic hydroxyl groups is 1. The zero-order valence-corrected chi connectivity index (χ0v) is 15.2. The lowest BCUT2D eigenvalue weighted by molar-refractivity contribution is 0.0644. The lowest BCUT2D eigenvalue weighted by atomic mass is 10.1. The number of benzene rings is 2. The van der Waals surface area contributed by atoms with Crippen LogP contribution < -0.4 is 4.74 Å². The summed E-state index contributed by atoms with van der Waals surface area (Å²) in [5.41, 5.74) is 1.65. The van der Waals surface area contributed by atoms with Crippen molar-refractivity contribution < 1.29 is 19.4 Å². The monoisotopic (exact) mass is 371 g/mol. The highest BCUT2D eigenvalue weighted by Gasteiger charge is 2.29. The molecule has 0 aromatic heterocycles. The van der Waals surface area contributed by atoms with Gasteiger partial charge in [0.15, 0.2) is 6.29 Å². The number of hydrogen-bond acceptors (Lipinski definition) is 5. The number of thioether (sulfide) groups is 1. The van der Waals surface area contributed by atoms with E-state index in [0.717, 1.165) is 17.8 Å². The molecule has 136 valence electrons. The van der Waals surface area contributed by atoms with E-state index in [-0.39, 0.29) is 18.6 Å². The van der Waals surface area contributed by atoms with Gasteiger partial charge in [0.05, 0.1) is 18.2 Å². The van der Waals surface area contributed by atoms with Crippen LogP contribution in [-0.4, -0.2) is 52.9 Å². The fourth-order valence-corrected chi connectivity index (χ4v) is 4.02. The summed E-state index contributed by atoms with van der Waals surface area (Å²) in [6, 6.07) is 14.1. The zero-order valence-electron chi connectivity index (χ0n) is 14.3. The van der Waals surface area contributed by atoms with Crippen molar-refractivity contribution in [2.45, 2.75) is 12.6 Å². The van der Waals surface area contributed by atoms with Gasteiger partial charge in [0, 0.05) is 23.6 Å². The van der Waals surface area contributed by atoms with Gasteiger partial charge in [0.25, 0.3) is 5.91 Å². The maximum Gasteiger partial charge on any atom is 0.254 e. The molecule has 0 saturated carbocycles. The largest absolute Gasteiger partial charge is 0.491 e. The first-order chi connectivity index (χ1) is 12.7. The number of para-hydroxylation sites is 1. The van der Waals surface area contributed by atoms with Crippen LogP contribution >= 0.6 is 11.8 Å². The van der Waals surface area contributed by atoms with Crippen molar-refractivity contribution in [2.24, 2.45) is 0 Å². The molecule has 0 spiro atoms. The third-order valence-electron chi connectivity index (χ3n) is 4.38. The molecule has 1 N–H and O–H groups in total. The summed E-state index contributed by atoms with van der Waals surface area (Å²) in [7, 11) is 0. The molecule has 1 aliphatic rings. The Hall–Kier alpha value is -2.31. The number of ether oxygens (including phenoxy) is 1. The fraction of sp³-hybridized carbons (Fsp3) is 0.300. The minimum absolute atomic E-state index is 0.0901. The normalized spacial score (nSPS) is 17.0. The third-order valence-corrected chi connectivity index (χ3v) is 5.48. The predicted octanol–water partition coefficient (Wildman–Crippen LogP) is 2.63. The Morgan fingerprint density at radius 1 is 1.23 bits per heavy atom. The molecule has 1 fully saturated rings. The molecule has 1 aliphatic heterocycles. The summed E-state index contributed by atoms with van der Waals surface area (Å²) in [6.07, 6.45) is 0.769. The number of rotatable bonds is 6. The molecule has 2 aromatic carbocycles. The standard InChI is InChI=1S/C20H21NO4S/c22-11-15-5-1-3-7-18(15)20(24)21-9-10-26-14-17(21)13-25-19-8-4-2-6-16(19)12-23/h1-8,12,17,22H,9-11,13-14H2/t17-/m1/s1. The number of carbonyl (C=O) groups excluding carboxylic acids is 2. The Morgan fingerprint density at radius 3 is 2.81 bits per heavy atom. The van der Waals surface area contributed by atoms with Crippen molar-refractivity contribution in [1.29, 1.82) is 0 Å². The van der Waals surface area contributed by atoms with Crippen LogP contribution in [0.5, 0.6) is 5.75 Å². The molecule has 1 amide bonds. The van der Waals surface area contributed by atoms with E-state index in [1.807, 2.05) is 17.0 Å². The minimum Gasteiger partial charge on any atom is -0.491 e. The van der Waals surface area contributed by atoms with Crippen LogP contribution in [0.15, 0.2) is 48.5 Å². The summed E-state index contributed by atoms with van der Waals surface area (Å²) in [6.45, 7) is 0.788. The number of aldehydes is 1. The van der Waals surface area contributed by atoms with E-state index in [9.17, 15) is 14.7 Å². The molecule has 1 saturated heterocycles. The fourth-order valence-electron chi connectivity index (χ4n) is 2.98. The van der Waals surface area contributed by atoms with E-state index < -0.39 is 0 Å². The quantitative estimate of drug-likeness (QED) is 0.791. The molecule has 3 rings (SSSR count). The van der Waals surface area contributed by atoms with E-state index in [4.69, 9.17) is 4.74 Å². The molecule has 5 nitrogen and oxygen atoms in total. The highest BCUT2D eigenvalue weighted by molar-refractivity contribution is 7.99. The van der Waals surface area contributed by atoms with E-state index in [2.05, 4.69) is 0 Å². The van der Waals surface area contributed by atoms with E-state index in [0.29, 0.717) is 35.6 Å². The number of nitrogens with zero attached hydrogens (tertiary/aromatic N) is 1. The SMILES string of the molecule is O=Cc1ccccc1OC[C@@H]1CSCCN1C(=O)c1ccccc1CO. The minimum atomic E-state index is -0.168. The van der Waals surface area contributed by atoms with Crippen LogP contribution in [-0.2, 0) is 6.61 Å². The van der Waals surface area contributed by atoms with Crippen LogP contribution in [0.1, 0.15) is 26.3 Å². The third kappa shape index (κ3) is 4.08. The molecule has 0 bridgehead atoms. The smallest absolute Gasteiger partial charge is 0.254 e. The van der Waals surface area contributed by atoms with Crippen molar-refractivity contribution in [3.05, 3.63) is 65.2 Å². The number of aliphatic hydroxyl groups excluding tert-OH is 1. The maximum atomic E-state index is 13.0. The number of amides is 1. The molecule has 2 aromatic rings. The van der Waals surface area contributed by atoms with Crippen molar-refractivity contribution in [3.8, 4) is 5.75 Å². The van der Waals surface area contributed by atoms with E-state index >= 15 is 0 Å². The van der Waals surface area contributed by atoms with Gasteiger partial charge in [-0.15, -0.1) is 0 Å². The Balaban J connectivity index is 1.75. The van der Waals surface area contributed by atoms with Gasteiger partial charge in [-0.25, -0.2) is 0 Å². The molecule has 0 unspecified atom stereocenters. The second-order valence-corrected chi connectivity index (χ2v) is 7.16. The van der Waals surface area contributed by atoms with Crippen LogP contribution in [0.2, 0.25) is 0 Å². The molecular weight excluding hydrogens is 350 g/mol. The lowest BCUT2D eigenvalue weighted by Crippen LogP contribution is -2.49. The Bertz CT molecular complexity index is 780. The molecule has 6 heteroatoms. The summed E-state index contributed by atoms with van der Waals surface area (Å²) >= 11 is 1.78. The van der Waals surface area contributed by atoms with Crippen molar-refractivity contribution in [2.75, 3.05) is 24.7 Å². The Labute approximate surface area is 157 Å². The maximum absolute atomic E-state index is 13.0. The number of hydrogen-bond donors (Lipinski definition) is 1. The molecule has 1 heterocycles. The van der Waals surface area contributed by atoms with Crippen molar-refractivity contribution >= 4 is 24.0 Å². The van der Waals surface area contributed by atoms with Crippen LogP contribution in [0, 0.1) is 0 Å². The van der Waals surface area contributed by atoms with Gasteiger partial charge in [-0.1, -0.05) is 30.3 Å². The van der Waals surface area contributed by atoms with Gasteiger partial charge in [-0.3, -0.25) is 9.59 Å². The molecule has 0 aliphatic carbocycles. The molecular formula is C20H21NO4S. The van der Waals surface area contributed by atoms with Crippen LogP contribution in [0.4, 0.5) is 0 Å². The average Bonchev–Trinajstić information content (AvgIpc) is 2.72. The topological polar surface area (TPSA) is 66.8 Å².